The number of ether oxygens (including phenoxy) is 2. The fourth-order valence-electron chi connectivity index (χ4n) is 0.928. The van der Waals surface area contributed by atoms with E-state index in [-0.39, 0.29) is 12.4 Å². The highest BCUT2D eigenvalue weighted by Gasteiger charge is 2.01. The second-order valence-corrected chi connectivity index (χ2v) is 2.72. The smallest absolute Gasteiger partial charge is 0.332 e. The van der Waals surface area contributed by atoms with Crippen LogP contribution in [0.3, 0.4) is 0 Å². The van der Waals surface area contributed by atoms with Crippen molar-refractivity contribution in [1.82, 2.24) is 0 Å². The molecule has 0 bridgehead atoms. The molecule has 14 heavy (non-hydrogen) atoms. The third kappa shape index (κ3) is 11.5. The van der Waals surface area contributed by atoms with Gasteiger partial charge in [-0.15, -0.1) is 6.58 Å². The number of nitrogens with two attached hydrogens (primary N) is 1. The minimum atomic E-state index is 0. The van der Waals surface area contributed by atoms with Crippen molar-refractivity contribution < 1.29 is 27.3 Å². The predicted molar refractivity (Wildman–Crippen MR) is 53.4 cm³/mol. The van der Waals surface area contributed by atoms with Crippen molar-refractivity contribution in [3.63, 3.8) is 0 Å². The molecule has 0 unspecified atom stereocenters. The zero-order valence-corrected chi connectivity index (χ0v) is 9.55. The largest absolute Gasteiger partial charge is 1.00 e. The second kappa shape index (κ2) is 12.5. The summed E-state index contributed by atoms with van der Waals surface area (Å²) in [5.74, 6) is 0.631. The first-order valence-electron chi connectivity index (χ1n) is 4.74. The van der Waals surface area contributed by atoms with Crippen LogP contribution in [0.5, 0.6) is 0 Å². The molecule has 0 heterocycles. The fourth-order valence-corrected chi connectivity index (χ4v) is 0.928. The molecular formula is C10H20ClNO2. The van der Waals surface area contributed by atoms with Crippen LogP contribution in [-0.2, 0) is 9.47 Å². The molecule has 0 aromatic carbocycles. The molecule has 3 nitrogen and oxygen atoms in total. The van der Waals surface area contributed by atoms with Gasteiger partial charge < -0.3 is 21.9 Å². The highest BCUT2D eigenvalue weighted by Crippen LogP contribution is 1.96. The molecule has 0 fully saturated rings. The Morgan fingerprint density at radius 3 is 2.71 bits per heavy atom. The summed E-state index contributed by atoms with van der Waals surface area (Å²) in [5, 5.41) is 5.56. The van der Waals surface area contributed by atoms with Crippen molar-refractivity contribution in [3.8, 4) is 0 Å². The molecule has 0 aliphatic carbocycles. The summed E-state index contributed by atoms with van der Waals surface area (Å²) in [5.41, 5.74) is 0. The van der Waals surface area contributed by atoms with Gasteiger partial charge in [0.1, 0.15) is 0 Å². The molecule has 0 saturated heterocycles. The van der Waals surface area contributed by atoms with Gasteiger partial charge in [-0.1, -0.05) is 6.08 Å². The van der Waals surface area contributed by atoms with Gasteiger partial charge in [0.25, 0.3) is 0 Å². The predicted octanol–water partition coefficient (Wildman–Crippen LogP) is -2.44. The Labute approximate surface area is 92.4 Å². The zero-order chi connectivity index (χ0) is 9.94. The number of hydrogen-bond acceptors (Lipinski definition) is 2. The van der Waals surface area contributed by atoms with Crippen LogP contribution >= 0.6 is 0 Å². The van der Waals surface area contributed by atoms with Gasteiger partial charge in [0, 0.05) is 6.61 Å². The summed E-state index contributed by atoms with van der Waals surface area (Å²) in [6.45, 7) is 7.54. The average Bonchev–Trinajstić information content (AvgIpc) is 2.11. The molecule has 4 heteroatoms. The Morgan fingerprint density at radius 1 is 1.43 bits per heavy atom. The first-order chi connectivity index (χ1) is 6.31. The topological polar surface area (TPSA) is 44.0 Å². The van der Waals surface area contributed by atoms with Crippen molar-refractivity contribution in [1.29, 1.82) is 0 Å². The number of rotatable bonds is 8. The van der Waals surface area contributed by atoms with E-state index in [1.807, 2.05) is 6.92 Å². The molecule has 0 spiro atoms. The summed E-state index contributed by atoms with van der Waals surface area (Å²) < 4.78 is 10.3. The van der Waals surface area contributed by atoms with Crippen molar-refractivity contribution in [3.05, 3.63) is 12.7 Å². The lowest BCUT2D eigenvalue weighted by atomic mass is 10.2. The van der Waals surface area contributed by atoms with E-state index in [4.69, 9.17) is 14.9 Å². The van der Waals surface area contributed by atoms with Crippen LogP contribution in [0.4, 0.5) is 0 Å². The summed E-state index contributed by atoms with van der Waals surface area (Å²) in [6.07, 6.45) is 4.61. The van der Waals surface area contributed by atoms with Crippen LogP contribution < -0.4 is 17.8 Å². The molecule has 0 saturated carbocycles. The molecule has 0 amide bonds. The molecule has 2 N–H and O–H groups in total. The van der Waals surface area contributed by atoms with Gasteiger partial charge in [-0.05, 0) is 19.8 Å². The quantitative estimate of drug-likeness (QED) is 0.214. The van der Waals surface area contributed by atoms with Crippen molar-refractivity contribution >= 4 is 5.90 Å². The van der Waals surface area contributed by atoms with Gasteiger partial charge in [-0.3, -0.25) is 0 Å². The summed E-state index contributed by atoms with van der Waals surface area (Å²) in [4.78, 5) is 0. The number of hydrogen-bond donors (Lipinski definition) is 1. The van der Waals surface area contributed by atoms with Gasteiger partial charge in [0.15, 0.2) is 0 Å². The van der Waals surface area contributed by atoms with Gasteiger partial charge in [-0.2, -0.15) is 0 Å². The summed E-state index contributed by atoms with van der Waals surface area (Å²) in [6, 6.07) is 0. The maximum atomic E-state index is 5.56. The molecule has 0 radical (unpaired) electrons. The van der Waals surface area contributed by atoms with Crippen LogP contribution in [0.1, 0.15) is 26.2 Å². The third-order valence-electron chi connectivity index (χ3n) is 1.53. The molecule has 0 aromatic heterocycles. The third-order valence-corrected chi connectivity index (χ3v) is 1.53. The van der Waals surface area contributed by atoms with Gasteiger partial charge in [-0.25, -0.2) is 5.41 Å². The summed E-state index contributed by atoms with van der Waals surface area (Å²) in [7, 11) is 0. The average molecular weight is 222 g/mol. The van der Waals surface area contributed by atoms with E-state index in [2.05, 4.69) is 6.58 Å². The van der Waals surface area contributed by atoms with Crippen LogP contribution in [0.2, 0.25) is 0 Å². The maximum Gasteiger partial charge on any atom is 0.332 e. The monoisotopic (exact) mass is 221 g/mol. The standard InChI is InChI=1S/C10H19NO2.ClH/c1-3-8-12-9-6-5-7-10(11)13-4-2;/h3,11H,1,4-9H2,2H3;1H. The highest BCUT2D eigenvalue weighted by molar-refractivity contribution is 5.69. The summed E-state index contributed by atoms with van der Waals surface area (Å²) >= 11 is 0. The van der Waals surface area contributed by atoms with E-state index in [1.54, 1.807) is 6.08 Å². The Morgan fingerprint density at radius 2 is 2.14 bits per heavy atom. The Bertz CT molecular complexity index is 151. The lowest BCUT2D eigenvalue weighted by Gasteiger charge is -2.01. The molecule has 0 aromatic rings. The lowest BCUT2D eigenvalue weighted by Crippen LogP contribution is -3.00. The number of halogens is 1. The van der Waals surface area contributed by atoms with Crippen LogP contribution in [0, 0.1) is 0 Å². The normalized spacial score (nSPS) is 8.93. The van der Waals surface area contributed by atoms with E-state index in [0.29, 0.717) is 19.1 Å². The molecule has 0 atom stereocenters. The molecular weight excluding hydrogens is 202 g/mol. The number of unbranched alkanes of at least 4 members (excludes halogenated alkanes) is 1. The Balaban J connectivity index is 0. The van der Waals surface area contributed by atoms with Crippen LogP contribution in [0.25, 0.3) is 0 Å². The van der Waals surface area contributed by atoms with Gasteiger partial charge in [0.2, 0.25) is 0 Å². The van der Waals surface area contributed by atoms with Gasteiger partial charge in [0.05, 0.1) is 19.6 Å². The molecule has 0 rings (SSSR count). The first kappa shape index (κ1) is 15.9. The van der Waals surface area contributed by atoms with Crippen molar-refractivity contribution in [2.75, 3.05) is 19.8 Å². The van der Waals surface area contributed by atoms with Crippen LogP contribution in [0.15, 0.2) is 12.7 Å². The van der Waals surface area contributed by atoms with Crippen molar-refractivity contribution in [2.24, 2.45) is 0 Å². The lowest BCUT2D eigenvalue weighted by molar-refractivity contribution is -0.143. The highest BCUT2D eigenvalue weighted by atomic mass is 35.5. The zero-order valence-electron chi connectivity index (χ0n) is 8.80. The van der Waals surface area contributed by atoms with E-state index in [1.165, 1.54) is 0 Å². The van der Waals surface area contributed by atoms with E-state index >= 15 is 0 Å². The minimum Gasteiger partial charge on any atom is -1.00 e. The van der Waals surface area contributed by atoms with E-state index in [9.17, 15) is 0 Å². The SMILES string of the molecule is C=CCOCCCCC(=[NH2+])OCC.[Cl-]. The Kier molecular flexibility index (Phi) is 14.2. The maximum absolute atomic E-state index is 5.56. The minimum absolute atomic E-state index is 0. The molecule has 0 aliphatic rings. The van der Waals surface area contributed by atoms with E-state index in [0.717, 1.165) is 25.9 Å². The van der Waals surface area contributed by atoms with Crippen molar-refractivity contribution in [2.45, 2.75) is 26.2 Å². The Hall–Kier alpha value is -0.540. The second-order valence-electron chi connectivity index (χ2n) is 2.72. The van der Waals surface area contributed by atoms with Crippen LogP contribution in [-0.4, -0.2) is 25.7 Å². The fraction of sp³-hybridized carbons (Fsp3) is 0.700. The van der Waals surface area contributed by atoms with E-state index < -0.39 is 0 Å². The molecule has 84 valence electrons. The van der Waals surface area contributed by atoms with Gasteiger partial charge >= 0.3 is 5.90 Å². The molecule has 0 aliphatic heterocycles. The first-order valence-corrected chi connectivity index (χ1v) is 4.74.